The maximum Gasteiger partial charge on any atom is 0.229 e. The number of benzene rings is 1. The van der Waals surface area contributed by atoms with Crippen molar-refractivity contribution in [3.05, 3.63) is 29.8 Å². The van der Waals surface area contributed by atoms with Gasteiger partial charge >= 0.3 is 0 Å². The lowest BCUT2D eigenvalue weighted by atomic mass is 9.99. The molecule has 0 radical (unpaired) electrons. The molecule has 5 atom stereocenters. The number of hydrogen-bond donors (Lipinski definition) is 5. The van der Waals surface area contributed by atoms with Crippen LogP contribution in [0.1, 0.15) is 25.3 Å². The largest absolute Gasteiger partial charge is 0.504 e. The van der Waals surface area contributed by atoms with Crippen molar-refractivity contribution in [1.82, 2.24) is 0 Å². The summed E-state index contributed by atoms with van der Waals surface area (Å²) in [6.07, 6.45) is -2.45. The van der Waals surface area contributed by atoms with Gasteiger partial charge in [0.2, 0.25) is 6.29 Å². The fourth-order valence-electron chi connectivity index (χ4n) is 2.53. The van der Waals surface area contributed by atoms with Gasteiger partial charge in [-0.1, -0.05) is 18.2 Å². The van der Waals surface area contributed by atoms with Crippen LogP contribution in [0, 0.1) is 0 Å². The molecule has 0 aromatic heterocycles. The number of aliphatic hydroxyl groups excluding tert-OH is 4. The van der Waals surface area contributed by atoms with Crippen LogP contribution in [-0.2, 0) is 9.53 Å². The van der Waals surface area contributed by atoms with Crippen molar-refractivity contribution in [2.75, 3.05) is 6.61 Å². The van der Waals surface area contributed by atoms with Crippen LogP contribution in [0.3, 0.4) is 0 Å². The Hall–Kier alpha value is -1.97. The van der Waals surface area contributed by atoms with Crippen LogP contribution in [0.15, 0.2) is 24.3 Å². The fourth-order valence-corrected chi connectivity index (χ4v) is 2.53. The van der Waals surface area contributed by atoms with Gasteiger partial charge in [0.15, 0.2) is 11.5 Å². The molecule has 0 saturated carbocycles. The second-order valence-corrected chi connectivity index (χ2v) is 6.19. The lowest BCUT2D eigenvalue weighted by molar-refractivity contribution is -0.277. The highest BCUT2D eigenvalue weighted by Crippen LogP contribution is 2.31. The summed E-state index contributed by atoms with van der Waals surface area (Å²) < 4.78 is 10.6. The predicted molar refractivity (Wildman–Crippen MR) is 91.5 cm³/mol. The third-order valence-corrected chi connectivity index (χ3v) is 4.05. The van der Waals surface area contributed by atoms with Crippen LogP contribution in [-0.4, -0.2) is 68.6 Å². The number of allylic oxidation sites excluding steroid dienone is 1. The van der Waals surface area contributed by atoms with Gasteiger partial charge in [-0.05, 0) is 31.0 Å². The summed E-state index contributed by atoms with van der Waals surface area (Å²) in [6.45, 7) is 0.950. The summed E-state index contributed by atoms with van der Waals surface area (Å²) in [5.74, 6) is -0.105. The highest BCUT2D eigenvalue weighted by atomic mass is 16.7. The zero-order valence-electron chi connectivity index (χ0n) is 14.4. The Balaban J connectivity index is 2.04. The standard InChI is InChI=1S/C18H24O8/c1-10(20)4-2-3-5-11-6-7-13(12(21)8-11)25-18-17(24)16(23)15(22)14(9-19)26-18/h3,5-8,14-19,21-24H,2,4,9H2,1H3/b5-3+/t14?,15-,16+,17?,18-/m1/s1. The van der Waals surface area contributed by atoms with Crippen LogP contribution < -0.4 is 4.74 Å². The van der Waals surface area contributed by atoms with Crippen molar-refractivity contribution in [2.45, 2.75) is 50.5 Å². The number of ketones is 1. The van der Waals surface area contributed by atoms with Gasteiger partial charge in [0.1, 0.15) is 30.2 Å². The van der Waals surface area contributed by atoms with E-state index in [1.807, 2.05) is 6.08 Å². The maximum absolute atomic E-state index is 10.9. The number of Topliss-reactive ketones (excluding diaryl/α,β-unsaturated/α-hetero) is 1. The van der Waals surface area contributed by atoms with E-state index >= 15 is 0 Å². The molecule has 1 aromatic rings. The summed E-state index contributed by atoms with van der Waals surface area (Å²) in [5.41, 5.74) is 0.687. The number of hydrogen-bond acceptors (Lipinski definition) is 8. The molecule has 144 valence electrons. The molecule has 2 unspecified atom stereocenters. The van der Waals surface area contributed by atoms with Crippen molar-refractivity contribution in [2.24, 2.45) is 0 Å². The Bertz CT molecular complexity index is 642. The predicted octanol–water partition coefficient (Wildman–Crippen LogP) is -0.0467. The molecule has 0 aliphatic carbocycles. The van der Waals surface area contributed by atoms with E-state index in [-0.39, 0.29) is 17.3 Å². The lowest BCUT2D eigenvalue weighted by Crippen LogP contribution is -2.60. The van der Waals surface area contributed by atoms with Gasteiger partial charge in [0, 0.05) is 6.42 Å². The number of aromatic hydroxyl groups is 1. The second kappa shape index (κ2) is 9.11. The number of phenols is 1. The first kappa shape index (κ1) is 20.3. The molecule has 1 fully saturated rings. The van der Waals surface area contributed by atoms with Gasteiger partial charge in [-0.2, -0.15) is 0 Å². The molecule has 0 amide bonds. The van der Waals surface area contributed by atoms with E-state index in [0.29, 0.717) is 18.4 Å². The first-order chi connectivity index (χ1) is 12.3. The summed E-state index contributed by atoms with van der Waals surface area (Å²) in [7, 11) is 0. The third-order valence-electron chi connectivity index (χ3n) is 4.05. The molecule has 1 aromatic carbocycles. The van der Waals surface area contributed by atoms with Crippen molar-refractivity contribution in [3.8, 4) is 11.5 Å². The normalized spacial score (nSPS) is 29.0. The number of rotatable bonds is 7. The van der Waals surface area contributed by atoms with Gasteiger partial charge in [0.05, 0.1) is 6.61 Å². The van der Waals surface area contributed by atoms with Crippen molar-refractivity contribution < 1.29 is 39.8 Å². The fraction of sp³-hybridized carbons (Fsp3) is 0.500. The average Bonchev–Trinajstić information content (AvgIpc) is 2.61. The van der Waals surface area contributed by atoms with Gasteiger partial charge in [0.25, 0.3) is 0 Å². The molecule has 8 nitrogen and oxygen atoms in total. The minimum absolute atomic E-state index is 0.00946. The molecule has 26 heavy (non-hydrogen) atoms. The molecule has 1 heterocycles. The van der Waals surface area contributed by atoms with E-state index in [1.165, 1.54) is 19.1 Å². The first-order valence-corrected chi connectivity index (χ1v) is 8.29. The van der Waals surface area contributed by atoms with Crippen molar-refractivity contribution >= 4 is 11.9 Å². The Kier molecular flexibility index (Phi) is 7.13. The molecule has 1 aliphatic rings. The van der Waals surface area contributed by atoms with E-state index in [9.17, 15) is 25.2 Å². The van der Waals surface area contributed by atoms with Gasteiger partial charge in [-0.25, -0.2) is 0 Å². The van der Waals surface area contributed by atoms with Crippen LogP contribution in [0.2, 0.25) is 0 Å². The van der Waals surface area contributed by atoms with Crippen LogP contribution in [0.4, 0.5) is 0 Å². The third kappa shape index (κ3) is 5.03. The number of ether oxygens (including phenoxy) is 2. The number of carbonyl (C=O) groups is 1. The van der Waals surface area contributed by atoms with E-state index < -0.39 is 37.3 Å². The number of aliphatic hydroxyl groups is 4. The molecule has 5 N–H and O–H groups in total. The summed E-state index contributed by atoms with van der Waals surface area (Å²) >= 11 is 0. The Morgan fingerprint density at radius 2 is 1.96 bits per heavy atom. The monoisotopic (exact) mass is 368 g/mol. The average molecular weight is 368 g/mol. The van der Waals surface area contributed by atoms with Crippen molar-refractivity contribution in [3.63, 3.8) is 0 Å². The minimum Gasteiger partial charge on any atom is -0.504 e. The first-order valence-electron chi connectivity index (χ1n) is 8.29. The molecule has 8 heteroatoms. The molecule has 2 rings (SSSR count). The van der Waals surface area contributed by atoms with Gasteiger partial charge in [-0.15, -0.1) is 0 Å². The minimum atomic E-state index is -1.56. The van der Waals surface area contributed by atoms with Crippen molar-refractivity contribution in [1.29, 1.82) is 0 Å². The SMILES string of the molecule is CC(=O)CC/C=C/c1ccc(O[C@@H]2OC(CO)[C@@H](O)[C@H](O)C2O)c(O)c1. The second-order valence-electron chi connectivity index (χ2n) is 6.19. The van der Waals surface area contributed by atoms with Crippen LogP contribution >= 0.6 is 0 Å². The zero-order chi connectivity index (χ0) is 19.3. The van der Waals surface area contributed by atoms with Gasteiger partial charge < -0.3 is 39.8 Å². The van der Waals surface area contributed by atoms with E-state index in [4.69, 9.17) is 14.6 Å². The molecule has 0 spiro atoms. The summed E-state index contributed by atoms with van der Waals surface area (Å²) in [6, 6.07) is 4.55. The van der Waals surface area contributed by atoms with Crippen LogP contribution in [0.25, 0.3) is 6.08 Å². The Morgan fingerprint density at radius 1 is 1.23 bits per heavy atom. The van der Waals surface area contributed by atoms with Crippen LogP contribution in [0.5, 0.6) is 11.5 Å². The van der Waals surface area contributed by atoms with E-state index in [2.05, 4.69) is 0 Å². The number of carbonyl (C=O) groups excluding carboxylic acids is 1. The van der Waals surface area contributed by atoms with Gasteiger partial charge in [-0.3, -0.25) is 0 Å². The lowest BCUT2D eigenvalue weighted by Gasteiger charge is -2.39. The summed E-state index contributed by atoms with van der Waals surface area (Å²) in [5, 5.41) is 48.7. The highest BCUT2D eigenvalue weighted by Gasteiger charge is 2.44. The molecule has 1 aliphatic heterocycles. The van der Waals surface area contributed by atoms with E-state index in [1.54, 1.807) is 12.1 Å². The molecular weight excluding hydrogens is 344 g/mol. The topological polar surface area (TPSA) is 137 Å². The van der Waals surface area contributed by atoms with E-state index in [0.717, 1.165) is 0 Å². The smallest absolute Gasteiger partial charge is 0.229 e. The summed E-state index contributed by atoms with van der Waals surface area (Å²) in [4.78, 5) is 10.9. The Morgan fingerprint density at radius 3 is 2.58 bits per heavy atom. The zero-order valence-corrected chi connectivity index (χ0v) is 14.4. The molecule has 1 saturated heterocycles. The highest BCUT2D eigenvalue weighted by molar-refractivity contribution is 5.75. The maximum atomic E-state index is 10.9. The molecular formula is C18H24O8. The number of phenolic OH excluding ortho intramolecular Hbond substituents is 1. The Labute approximate surface area is 150 Å². The molecule has 0 bridgehead atoms. The quantitative estimate of drug-likeness (QED) is 0.452.